The topological polar surface area (TPSA) is 72.2 Å². The highest BCUT2D eigenvalue weighted by Gasteiger charge is 2.27. The van der Waals surface area contributed by atoms with Gasteiger partial charge in [-0.1, -0.05) is 12.1 Å². The maximum absolute atomic E-state index is 12.6. The third kappa shape index (κ3) is 3.05. The summed E-state index contributed by atoms with van der Waals surface area (Å²) in [5, 5.41) is 0. The van der Waals surface area contributed by atoms with Gasteiger partial charge in [-0.3, -0.25) is 9.59 Å². The SMILES string of the molecule is O=C(Cc1cccc2c1OCO2)N1CCN(C(=O)c2ccco2)CC1. The molecular weight excluding hydrogens is 324 g/mol. The van der Waals surface area contributed by atoms with Crippen molar-refractivity contribution in [2.45, 2.75) is 6.42 Å². The van der Waals surface area contributed by atoms with Crippen molar-refractivity contribution < 1.29 is 23.5 Å². The van der Waals surface area contributed by atoms with Gasteiger partial charge in [0.05, 0.1) is 12.7 Å². The summed E-state index contributed by atoms with van der Waals surface area (Å²) < 4.78 is 15.9. The van der Waals surface area contributed by atoms with Crippen LogP contribution in [-0.4, -0.2) is 54.6 Å². The van der Waals surface area contributed by atoms with Crippen LogP contribution in [0.3, 0.4) is 0 Å². The number of carbonyl (C=O) groups is 2. The second-order valence-electron chi connectivity index (χ2n) is 5.98. The second-order valence-corrected chi connectivity index (χ2v) is 5.98. The number of para-hydroxylation sites is 1. The van der Waals surface area contributed by atoms with E-state index in [1.807, 2.05) is 18.2 Å². The van der Waals surface area contributed by atoms with E-state index in [9.17, 15) is 9.59 Å². The molecule has 2 aliphatic heterocycles. The minimum Gasteiger partial charge on any atom is -0.459 e. The van der Waals surface area contributed by atoms with E-state index in [1.165, 1.54) is 6.26 Å². The number of hydrogen-bond acceptors (Lipinski definition) is 5. The zero-order valence-corrected chi connectivity index (χ0v) is 13.6. The van der Waals surface area contributed by atoms with Gasteiger partial charge in [-0.2, -0.15) is 0 Å². The van der Waals surface area contributed by atoms with Crippen LogP contribution in [0.4, 0.5) is 0 Å². The van der Waals surface area contributed by atoms with E-state index in [-0.39, 0.29) is 25.0 Å². The highest BCUT2D eigenvalue weighted by molar-refractivity contribution is 5.91. The zero-order chi connectivity index (χ0) is 17.2. The Morgan fingerprint density at radius 2 is 1.76 bits per heavy atom. The number of carbonyl (C=O) groups excluding carboxylic acids is 2. The van der Waals surface area contributed by atoms with Gasteiger partial charge in [-0.05, 0) is 18.2 Å². The van der Waals surface area contributed by atoms with E-state index in [2.05, 4.69) is 0 Å². The van der Waals surface area contributed by atoms with Crippen LogP contribution in [-0.2, 0) is 11.2 Å². The molecule has 2 aromatic rings. The molecule has 7 nitrogen and oxygen atoms in total. The fourth-order valence-corrected chi connectivity index (χ4v) is 3.12. The lowest BCUT2D eigenvalue weighted by Gasteiger charge is -2.34. The van der Waals surface area contributed by atoms with E-state index in [4.69, 9.17) is 13.9 Å². The van der Waals surface area contributed by atoms with Crippen LogP contribution in [0.2, 0.25) is 0 Å². The van der Waals surface area contributed by atoms with Gasteiger partial charge in [0.1, 0.15) is 0 Å². The van der Waals surface area contributed by atoms with Crippen molar-refractivity contribution in [3.05, 3.63) is 47.9 Å². The molecule has 1 fully saturated rings. The summed E-state index contributed by atoms with van der Waals surface area (Å²) >= 11 is 0. The van der Waals surface area contributed by atoms with Crippen LogP contribution in [0.5, 0.6) is 11.5 Å². The van der Waals surface area contributed by atoms with E-state index in [0.29, 0.717) is 43.4 Å². The average molecular weight is 342 g/mol. The Labute approximate surface area is 144 Å². The number of ether oxygens (including phenoxy) is 2. The fourth-order valence-electron chi connectivity index (χ4n) is 3.12. The van der Waals surface area contributed by atoms with Crippen molar-refractivity contribution in [1.82, 2.24) is 9.80 Å². The lowest BCUT2D eigenvalue weighted by Crippen LogP contribution is -2.50. The first-order valence-electron chi connectivity index (χ1n) is 8.20. The minimum atomic E-state index is -0.136. The number of hydrogen-bond donors (Lipinski definition) is 0. The van der Waals surface area contributed by atoms with E-state index in [0.717, 1.165) is 5.56 Å². The molecule has 0 spiro atoms. The van der Waals surface area contributed by atoms with Gasteiger partial charge in [-0.15, -0.1) is 0 Å². The first kappa shape index (κ1) is 15.6. The number of rotatable bonds is 3. The smallest absolute Gasteiger partial charge is 0.289 e. The molecule has 1 saturated heterocycles. The molecule has 0 aliphatic carbocycles. The van der Waals surface area contributed by atoms with E-state index in [1.54, 1.807) is 21.9 Å². The molecule has 2 aliphatic rings. The summed E-state index contributed by atoms with van der Waals surface area (Å²) in [4.78, 5) is 28.3. The summed E-state index contributed by atoms with van der Waals surface area (Å²) in [5.74, 6) is 1.55. The van der Waals surface area contributed by atoms with Gasteiger partial charge in [0.2, 0.25) is 12.7 Å². The molecule has 2 amide bonds. The van der Waals surface area contributed by atoms with Crippen molar-refractivity contribution in [3.63, 3.8) is 0 Å². The first-order chi connectivity index (χ1) is 12.2. The Bertz CT molecular complexity index is 779. The Morgan fingerprint density at radius 3 is 2.52 bits per heavy atom. The van der Waals surface area contributed by atoms with E-state index < -0.39 is 0 Å². The summed E-state index contributed by atoms with van der Waals surface area (Å²) in [6.07, 6.45) is 1.75. The van der Waals surface area contributed by atoms with Crippen LogP contribution in [0.25, 0.3) is 0 Å². The third-order valence-corrected chi connectivity index (χ3v) is 4.47. The lowest BCUT2D eigenvalue weighted by atomic mass is 10.1. The third-order valence-electron chi connectivity index (χ3n) is 4.47. The molecule has 1 aromatic heterocycles. The van der Waals surface area contributed by atoms with Crippen LogP contribution in [0.15, 0.2) is 41.0 Å². The molecule has 1 aromatic carbocycles. The molecule has 0 N–H and O–H groups in total. The summed E-state index contributed by atoms with van der Waals surface area (Å²) in [6, 6.07) is 8.91. The van der Waals surface area contributed by atoms with Gasteiger partial charge >= 0.3 is 0 Å². The highest BCUT2D eigenvalue weighted by atomic mass is 16.7. The summed E-state index contributed by atoms with van der Waals surface area (Å²) in [7, 11) is 0. The maximum atomic E-state index is 12.6. The molecule has 7 heteroatoms. The molecule has 0 unspecified atom stereocenters. The van der Waals surface area contributed by atoms with Crippen molar-refractivity contribution in [1.29, 1.82) is 0 Å². The molecular formula is C18H18N2O5. The number of nitrogens with zero attached hydrogens (tertiary/aromatic N) is 2. The summed E-state index contributed by atoms with van der Waals surface area (Å²) in [6.45, 7) is 2.21. The van der Waals surface area contributed by atoms with Crippen molar-refractivity contribution >= 4 is 11.8 Å². The van der Waals surface area contributed by atoms with Crippen molar-refractivity contribution in [3.8, 4) is 11.5 Å². The second kappa shape index (κ2) is 6.51. The minimum absolute atomic E-state index is 0.0222. The maximum Gasteiger partial charge on any atom is 0.289 e. The van der Waals surface area contributed by atoms with Gasteiger partial charge in [0.15, 0.2) is 17.3 Å². The highest BCUT2D eigenvalue weighted by Crippen LogP contribution is 2.35. The standard InChI is InChI=1S/C18H18N2O5/c21-16(11-13-3-1-4-14-17(13)25-12-24-14)19-6-8-20(9-7-19)18(22)15-5-2-10-23-15/h1-5,10H,6-9,11-12H2. The predicted octanol–water partition coefficient (Wildman–Crippen LogP) is 1.54. The molecule has 4 rings (SSSR count). The Kier molecular flexibility index (Phi) is 4.05. The van der Waals surface area contributed by atoms with Crippen LogP contribution < -0.4 is 9.47 Å². The van der Waals surface area contributed by atoms with Crippen LogP contribution in [0.1, 0.15) is 16.1 Å². The molecule has 0 bridgehead atoms. The van der Waals surface area contributed by atoms with E-state index >= 15 is 0 Å². The van der Waals surface area contributed by atoms with Gasteiger partial charge in [0.25, 0.3) is 5.91 Å². The van der Waals surface area contributed by atoms with Gasteiger partial charge in [0, 0.05) is 31.7 Å². The van der Waals surface area contributed by atoms with Crippen LogP contribution >= 0.6 is 0 Å². The Morgan fingerprint density at radius 1 is 0.960 bits per heavy atom. The number of piperazine rings is 1. The number of amides is 2. The Balaban J connectivity index is 1.36. The van der Waals surface area contributed by atoms with Crippen molar-refractivity contribution in [2.24, 2.45) is 0 Å². The molecule has 0 atom stereocenters. The summed E-state index contributed by atoms with van der Waals surface area (Å²) in [5.41, 5.74) is 0.828. The quantitative estimate of drug-likeness (QED) is 0.846. The number of fused-ring (bicyclic) bond motifs is 1. The van der Waals surface area contributed by atoms with Crippen molar-refractivity contribution in [2.75, 3.05) is 33.0 Å². The van der Waals surface area contributed by atoms with Crippen LogP contribution in [0, 0.1) is 0 Å². The molecule has 0 saturated carbocycles. The fraction of sp³-hybridized carbons (Fsp3) is 0.333. The predicted molar refractivity (Wildman–Crippen MR) is 87.5 cm³/mol. The molecule has 0 radical (unpaired) electrons. The number of furan rings is 1. The number of benzene rings is 1. The zero-order valence-electron chi connectivity index (χ0n) is 13.6. The molecule has 25 heavy (non-hydrogen) atoms. The molecule has 130 valence electrons. The Hall–Kier alpha value is -2.96. The monoisotopic (exact) mass is 342 g/mol. The van der Waals surface area contributed by atoms with Gasteiger partial charge < -0.3 is 23.7 Å². The first-order valence-corrected chi connectivity index (χ1v) is 8.20. The largest absolute Gasteiger partial charge is 0.459 e. The normalized spacial score (nSPS) is 16.2. The van der Waals surface area contributed by atoms with Gasteiger partial charge in [-0.25, -0.2) is 0 Å². The average Bonchev–Trinajstić information content (AvgIpc) is 3.33. The lowest BCUT2D eigenvalue weighted by molar-refractivity contribution is -0.131. The molecule has 3 heterocycles.